The van der Waals surface area contributed by atoms with Crippen molar-refractivity contribution in [3.8, 4) is 11.1 Å². The lowest BCUT2D eigenvalue weighted by Crippen LogP contribution is -2.41. The molecule has 1 aliphatic rings. The van der Waals surface area contributed by atoms with Crippen molar-refractivity contribution in [2.45, 2.75) is 85.5 Å². The Kier molecular flexibility index (Phi) is 12.1. The fourth-order valence-electron chi connectivity index (χ4n) is 6.36. The second-order valence-electron chi connectivity index (χ2n) is 13.1. The molecule has 10 heteroatoms. The van der Waals surface area contributed by atoms with Crippen molar-refractivity contribution in [2.75, 3.05) is 32.8 Å². The second-order valence-corrected chi connectivity index (χ2v) is 13.1. The molecule has 0 spiro atoms. The normalized spacial score (nSPS) is 15.0. The summed E-state index contributed by atoms with van der Waals surface area (Å²) in [6.45, 7) is 14.0. The number of likely N-dealkylation sites (tertiary alicyclic amines) is 1. The summed E-state index contributed by atoms with van der Waals surface area (Å²) >= 11 is 0. The van der Waals surface area contributed by atoms with Gasteiger partial charge in [-0.2, -0.15) is 13.2 Å². The quantitative estimate of drug-likeness (QED) is 0.143. The van der Waals surface area contributed by atoms with Crippen molar-refractivity contribution < 1.29 is 27.1 Å². The molecule has 3 aromatic rings. The highest BCUT2D eigenvalue weighted by Gasteiger charge is 2.36. The number of alkyl halides is 3. The van der Waals surface area contributed by atoms with E-state index in [4.69, 9.17) is 4.74 Å². The third-order valence-electron chi connectivity index (χ3n) is 8.95. The van der Waals surface area contributed by atoms with Gasteiger partial charge in [-0.05, 0) is 118 Å². The maximum absolute atomic E-state index is 15.9. The number of rotatable bonds is 14. The first-order valence-electron chi connectivity index (χ1n) is 16.5. The summed E-state index contributed by atoms with van der Waals surface area (Å²) in [7, 11) is 0. The third-order valence-corrected chi connectivity index (χ3v) is 8.95. The molecule has 0 bridgehead atoms. The van der Waals surface area contributed by atoms with E-state index < -0.39 is 41.1 Å². The Hall–Kier alpha value is -3.50. The first kappa shape index (κ1) is 36.3. The van der Waals surface area contributed by atoms with E-state index in [0.29, 0.717) is 24.8 Å². The summed E-state index contributed by atoms with van der Waals surface area (Å²) in [5.41, 5.74) is 2.65. The van der Waals surface area contributed by atoms with Gasteiger partial charge in [0.1, 0.15) is 11.9 Å². The topological polar surface area (TPSA) is 63.6 Å². The van der Waals surface area contributed by atoms with Crippen molar-refractivity contribution in [2.24, 2.45) is 5.92 Å². The number of carbonyl (C=O) groups is 1. The average Bonchev–Trinajstić information content (AvgIpc) is 2.96. The number of carbonyl (C=O) groups excluding carboxylic acids is 1. The van der Waals surface area contributed by atoms with Crippen molar-refractivity contribution in [1.82, 2.24) is 14.8 Å². The lowest BCUT2D eigenvalue weighted by molar-refractivity contribution is -0.138. The van der Waals surface area contributed by atoms with Gasteiger partial charge in [-0.3, -0.25) is 9.59 Å². The van der Waals surface area contributed by atoms with Crippen LogP contribution in [-0.4, -0.2) is 48.2 Å². The van der Waals surface area contributed by atoms with Gasteiger partial charge in [0, 0.05) is 37.6 Å². The average molecular weight is 658 g/mol. The van der Waals surface area contributed by atoms with Crippen molar-refractivity contribution in [1.29, 1.82) is 0 Å². The van der Waals surface area contributed by atoms with Gasteiger partial charge in [0.25, 0.3) is 5.56 Å². The first-order valence-corrected chi connectivity index (χ1v) is 16.5. The number of nitrogens with zero attached hydrogens (tertiary/aromatic N) is 2. The SMILES string of the molecule is CCOCC[C@H](NC(=O)C(CC(C)C)n1cc(CCN2CCC2)c(C(F)(F)F)cc1=O)c1cc(-c2c(C)cccc2C)cc(C)c1F. The number of aromatic nitrogens is 1. The predicted octanol–water partition coefficient (Wildman–Crippen LogP) is 7.72. The van der Waals surface area contributed by atoms with Crippen LogP contribution in [0.4, 0.5) is 17.6 Å². The number of hydrogen-bond donors (Lipinski definition) is 1. The van der Waals surface area contributed by atoms with Crippen LogP contribution in [0.2, 0.25) is 0 Å². The Bertz CT molecular complexity index is 1590. The number of aryl methyl sites for hydroxylation is 3. The van der Waals surface area contributed by atoms with Gasteiger partial charge in [0.15, 0.2) is 0 Å². The van der Waals surface area contributed by atoms with Gasteiger partial charge in [-0.15, -0.1) is 0 Å². The Morgan fingerprint density at radius 1 is 1.04 bits per heavy atom. The Labute approximate surface area is 275 Å². The molecule has 2 atom stereocenters. The standard InChI is InChI=1S/C37H47F4N3O3/c1-7-47-17-13-31(29-20-28(19-26(6)35(29)38)34-24(4)10-8-11-25(34)5)42-36(46)32(18-23(2)3)44-22-27(12-16-43-14-9-15-43)30(21-33(44)45)37(39,40)41/h8,10-11,19-23,31-32H,7,9,12-18H2,1-6H3,(H,42,46)/t31-,32?/m0/s1. The zero-order valence-electron chi connectivity index (χ0n) is 28.3. The van der Waals surface area contributed by atoms with E-state index >= 15 is 4.39 Å². The Balaban J connectivity index is 1.76. The van der Waals surface area contributed by atoms with Crippen LogP contribution in [0.25, 0.3) is 11.1 Å². The highest BCUT2D eigenvalue weighted by Crippen LogP contribution is 2.35. The largest absolute Gasteiger partial charge is 0.416 e. The van der Waals surface area contributed by atoms with Gasteiger partial charge in [0.2, 0.25) is 5.91 Å². The van der Waals surface area contributed by atoms with E-state index in [-0.39, 0.29) is 42.9 Å². The van der Waals surface area contributed by atoms with Crippen LogP contribution >= 0.6 is 0 Å². The van der Waals surface area contributed by atoms with E-state index in [9.17, 15) is 22.8 Å². The van der Waals surface area contributed by atoms with Crippen LogP contribution in [0.1, 0.15) is 85.5 Å². The van der Waals surface area contributed by atoms with Crippen LogP contribution < -0.4 is 10.9 Å². The Morgan fingerprint density at radius 2 is 1.72 bits per heavy atom. The van der Waals surface area contributed by atoms with Gasteiger partial charge in [0.05, 0.1) is 11.6 Å². The number of halogens is 4. The molecule has 0 aliphatic carbocycles. The minimum Gasteiger partial charge on any atom is -0.382 e. The molecule has 1 amide bonds. The molecular formula is C37H47F4N3O3. The fourth-order valence-corrected chi connectivity index (χ4v) is 6.36. The zero-order valence-corrected chi connectivity index (χ0v) is 28.3. The third kappa shape index (κ3) is 8.90. The number of ether oxygens (including phenoxy) is 1. The van der Waals surface area contributed by atoms with Crippen LogP contribution in [0.3, 0.4) is 0 Å². The predicted molar refractivity (Wildman–Crippen MR) is 177 cm³/mol. The molecule has 6 nitrogen and oxygen atoms in total. The van der Waals surface area contributed by atoms with Crippen molar-refractivity contribution >= 4 is 5.91 Å². The maximum Gasteiger partial charge on any atom is 0.416 e. The molecular weight excluding hydrogens is 610 g/mol. The van der Waals surface area contributed by atoms with Gasteiger partial charge < -0.3 is 19.5 Å². The number of amides is 1. The van der Waals surface area contributed by atoms with Crippen molar-refractivity contribution in [3.63, 3.8) is 0 Å². The second kappa shape index (κ2) is 15.6. The number of benzene rings is 2. The molecule has 1 saturated heterocycles. The summed E-state index contributed by atoms with van der Waals surface area (Å²) in [6, 6.07) is 8.18. The summed E-state index contributed by atoms with van der Waals surface area (Å²) in [5.74, 6) is -1.09. The van der Waals surface area contributed by atoms with Crippen molar-refractivity contribution in [3.05, 3.63) is 92.1 Å². The maximum atomic E-state index is 15.9. The molecule has 2 heterocycles. The molecule has 2 aromatic carbocycles. The molecule has 0 radical (unpaired) electrons. The number of pyridine rings is 1. The van der Waals surface area contributed by atoms with Gasteiger partial charge >= 0.3 is 6.18 Å². The van der Waals surface area contributed by atoms with Gasteiger partial charge in [-0.25, -0.2) is 4.39 Å². The molecule has 1 unspecified atom stereocenters. The monoisotopic (exact) mass is 657 g/mol. The summed E-state index contributed by atoms with van der Waals surface area (Å²) in [5, 5.41) is 2.98. The lowest BCUT2D eigenvalue weighted by Gasteiger charge is -2.31. The molecule has 0 saturated carbocycles. The van der Waals surface area contributed by atoms with Crippen LogP contribution in [0.5, 0.6) is 0 Å². The zero-order chi connectivity index (χ0) is 34.5. The number of hydrogen-bond acceptors (Lipinski definition) is 4. The minimum absolute atomic E-state index is 0.0265. The van der Waals surface area contributed by atoms with E-state index in [0.717, 1.165) is 46.3 Å². The summed E-state index contributed by atoms with van der Waals surface area (Å²) in [6.07, 6.45) is -1.95. The highest BCUT2D eigenvalue weighted by molar-refractivity contribution is 5.81. The van der Waals surface area contributed by atoms with Gasteiger partial charge in [-0.1, -0.05) is 32.0 Å². The first-order chi connectivity index (χ1) is 22.2. The fraction of sp³-hybridized carbons (Fsp3) is 0.514. The van der Waals surface area contributed by atoms with Crippen LogP contribution in [-0.2, 0) is 22.1 Å². The minimum atomic E-state index is -4.71. The van der Waals surface area contributed by atoms with E-state index in [1.165, 1.54) is 6.20 Å². The molecule has 4 rings (SSSR count). The van der Waals surface area contributed by atoms with E-state index in [1.54, 1.807) is 19.1 Å². The summed E-state index contributed by atoms with van der Waals surface area (Å²) < 4.78 is 64.8. The molecule has 1 aliphatic heterocycles. The smallest absolute Gasteiger partial charge is 0.382 e. The number of nitrogens with one attached hydrogen (secondary N) is 1. The molecule has 47 heavy (non-hydrogen) atoms. The molecule has 1 fully saturated rings. The van der Waals surface area contributed by atoms with Crippen LogP contribution in [0.15, 0.2) is 47.4 Å². The lowest BCUT2D eigenvalue weighted by atomic mass is 9.90. The molecule has 256 valence electrons. The van der Waals surface area contributed by atoms with E-state index in [1.807, 2.05) is 52.8 Å². The highest BCUT2D eigenvalue weighted by atomic mass is 19.4. The van der Waals surface area contributed by atoms with Crippen LogP contribution in [0, 0.1) is 32.5 Å². The van der Waals surface area contributed by atoms with E-state index in [2.05, 4.69) is 10.2 Å². The summed E-state index contributed by atoms with van der Waals surface area (Å²) in [4.78, 5) is 29.5. The molecule has 1 aromatic heterocycles. The molecule has 1 N–H and O–H groups in total. The Morgan fingerprint density at radius 3 is 2.30 bits per heavy atom.